The van der Waals surface area contributed by atoms with E-state index in [4.69, 9.17) is 0 Å². The molecular weight excluding hydrogens is 711 g/mol. The van der Waals surface area contributed by atoms with Crippen LogP contribution < -0.4 is 5.32 Å². The maximum atomic E-state index is 12.4. The summed E-state index contributed by atoms with van der Waals surface area (Å²) in [7, 11) is 0. The molecule has 0 heterocycles. The second-order valence-corrected chi connectivity index (χ2v) is 15.8. The highest BCUT2D eigenvalue weighted by Crippen LogP contribution is 2.13. The molecule has 0 aromatic rings. The van der Waals surface area contributed by atoms with Crippen LogP contribution in [0.5, 0.6) is 0 Å². The van der Waals surface area contributed by atoms with E-state index in [2.05, 4.69) is 116 Å². The molecule has 1 amide bonds. The summed E-state index contributed by atoms with van der Waals surface area (Å²) in [5, 5.41) is 23.0. The van der Waals surface area contributed by atoms with Crippen molar-refractivity contribution in [1.82, 2.24) is 5.32 Å². The molecule has 4 nitrogen and oxygen atoms in total. The lowest BCUT2D eigenvalue weighted by Gasteiger charge is -2.19. The van der Waals surface area contributed by atoms with Crippen LogP contribution in [0.2, 0.25) is 0 Å². The van der Waals surface area contributed by atoms with Crippen LogP contribution in [0.4, 0.5) is 0 Å². The topological polar surface area (TPSA) is 69.6 Å². The van der Waals surface area contributed by atoms with Crippen molar-refractivity contribution < 1.29 is 15.0 Å². The molecular formula is C54H91NO3. The average Bonchev–Trinajstić information content (AvgIpc) is 3.23. The van der Waals surface area contributed by atoms with Crippen LogP contribution in [0.25, 0.3) is 0 Å². The van der Waals surface area contributed by atoms with Crippen molar-refractivity contribution in [1.29, 1.82) is 0 Å². The minimum atomic E-state index is -0.881. The van der Waals surface area contributed by atoms with E-state index >= 15 is 0 Å². The van der Waals surface area contributed by atoms with Crippen LogP contribution in [-0.2, 0) is 4.79 Å². The van der Waals surface area contributed by atoms with E-state index in [1.807, 2.05) is 6.08 Å². The van der Waals surface area contributed by atoms with Crippen LogP contribution in [0.15, 0.2) is 109 Å². The molecule has 0 aliphatic heterocycles. The quantitative estimate of drug-likeness (QED) is 0.0425. The zero-order valence-electron chi connectivity index (χ0n) is 37.8. The zero-order chi connectivity index (χ0) is 42.1. The molecule has 58 heavy (non-hydrogen) atoms. The fraction of sp³-hybridized carbons (Fsp3) is 0.648. The normalized spacial score (nSPS) is 13.9. The molecule has 0 aliphatic rings. The molecule has 330 valence electrons. The van der Waals surface area contributed by atoms with Crippen LogP contribution in [0.3, 0.4) is 0 Å². The predicted molar refractivity (Wildman–Crippen MR) is 257 cm³/mol. The third kappa shape index (κ3) is 44.2. The Hall–Kier alpha value is -2.95. The average molecular weight is 802 g/mol. The van der Waals surface area contributed by atoms with E-state index in [0.717, 1.165) is 89.9 Å². The van der Waals surface area contributed by atoms with Crippen LogP contribution in [0, 0.1) is 0 Å². The summed E-state index contributed by atoms with van der Waals surface area (Å²) in [6.45, 7) is 4.16. The Kier molecular flexibility index (Phi) is 46.0. The molecule has 0 saturated carbocycles. The van der Waals surface area contributed by atoms with Crippen molar-refractivity contribution in [2.45, 2.75) is 219 Å². The number of aliphatic hydroxyl groups excluding tert-OH is 2. The van der Waals surface area contributed by atoms with Gasteiger partial charge in [0, 0.05) is 6.42 Å². The number of rotatable bonds is 42. The van der Waals surface area contributed by atoms with Crippen molar-refractivity contribution in [2.24, 2.45) is 0 Å². The van der Waals surface area contributed by atoms with Gasteiger partial charge in [-0.2, -0.15) is 0 Å². The summed E-state index contributed by atoms with van der Waals surface area (Å²) < 4.78 is 0. The van der Waals surface area contributed by atoms with Crippen molar-refractivity contribution >= 4 is 5.91 Å². The first-order valence-electron chi connectivity index (χ1n) is 24.1. The summed E-state index contributed by atoms with van der Waals surface area (Å²) in [5.74, 6) is -0.0916. The minimum Gasteiger partial charge on any atom is -0.394 e. The third-order valence-electron chi connectivity index (χ3n) is 10.2. The SMILES string of the molecule is CC/C=C\C/C=C\C/C=C\C/C=C\C/C=C\C/C=C\CCCCCCCCCCC(=O)NC(CO)C(O)/C=C/CC/C=C/CC/C=C/CCCCCCCCCCC. The summed E-state index contributed by atoms with van der Waals surface area (Å²) in [6, 6.07) is -0.658. The summed E-state index contributed by atoms with van der Waals surface area (Å²) in [6.07, 6.45) is 73.5. The Morgan fingerprint density at radius 2 is 0.776 bits per heavy atom. The zero-order valence-corrected chi connectivity index (χ0v) is 37.8. The number of carbonyl (C=O) groups excluding carboxylic acids is 1. The van der Waals surface area contributed by atoms with Gasteiger partial charge in [-0.3, -0.25) is 4.79 Å². The first-order valence-corrected chi connectivity index (χ1v) is 24.1. The van der Waals surface area contributed by atoms with Crippen molar-refractivity contribution in [3.8, 4) is 0 Å². The van der Waals surface area contributed by atoms with E-state index < -0.39 is 12.1 Å². The van der Waals surface area contributed by atoms with Crippen molar-refractivity contribution in [3.63, 3.8) is 0 Å². The van der Waals surface area contributed by atoms with E-state index in [1.54, 1.807) is 6.08 Å². The van der Waals surface area contributed by atoms with Crippen molar-refractivity contribution in [2.75, 3.05) is 6.61 Å². The van der Waals surface area contributed by atoms with Gasteiger partial charge in [0.1, 0.15) is 0 Å². The molecule has 0 aliphatic carbocycles. The number of carbonyl (C=O) groups is 1. The molecule has 2 atom stereocenters. The second-order valence-electron chi connectivity index (χ2n) is 15.8. The van der Waals surface area contributed by atoms with Gasteiger partial charge in [-0.15, -0.1) is 0 Å². The summed E-state index contributed by atoms with van der Waals surface area (Å²) in [5.41, 5.74) is 0. The van der Waals surface area contributed by atoms with Gasteiger partial charge in [-0.1, -0.05) is 213 Å². The molecule has 0 radical (unpaired) electrons. The fourth-order valence-electron chi connectivity index (χ4n) is 6.56. The fourth-order valence-corrected chi connectivity index (χ4v) is 6.56. The van der Waals surface area contributed by atoms with E-state index in [9.17, 15) is 15.0 Å². The van der Waals surface area contributed by atoms with Crippen LogP contribution in [-0.4, -0.2) is 34.9 Å². The smallest absolute Gasteiger partial charge is 0.220 e. The first kappa shape index (κ1) is 55.1. The van der Waals surface area contributed by atoms with Gasteiger partial charge in [0.25, 0.3) is 0 Å². The van der Waals surface area contributed by atoms with Gasteiger partial charge in [-0.05, 0) is 96.3 Å². The lowest BCUT2D eigenvalue weighted by molar-refractivity contribution is -0.123. The predicted octanol–water partition coefficient (Wildman–Crippen LogP) is 15.6. The van der Waals surface area contributed by atoms with Crippen LogP contribution in [0.1, 0.15) is 206 Å². The molecule has 0 fully saturated rings. The molecule has 4 heteroatoms. The highest BCUT2D eigenvalue weighted by molar-refractivity contribution is 5.76. The third-order valence-corrected chi connectivity index (χ3v) is 10.2. The van der Waals surface area contributed by atoms with Gasteiger partial charge in [-0.25, -0.2) is 0 Å². The van der Waals surface area contributed by atoms with Crippen molar-refractivity contribution in [3.05, 3.63) is 109 Å². The molecule has 3 N–H and O–H groups in total. The van der Waals surface area contributed by atoms with Gasteiger partial charge in [0.2, 0.25) is 5.91 Å². The largest absolute Gasteiger partial charge is 0.394 e. The molecule has 0 bridgehead atoms. The van der Waals surface area contributed by atoms with E-state index in [-0.39, 0.29) is 12.5 Å². The molecule has 0 aromatic heterocycles. The van der Waals surface area contributed by atoms with E-state index in [1.165, 1.54) is 96.3 Å². The highest BCUT2D eigenvalue weighted by Gasteiger charge is 2.17. The van der Waals surface area contributed by atoms with Crippen LogP contribution >= 0.6 is 0 Å². The number of unbranched alkanes of at least 4 members (excludes halogenated alkanes) is 19. The lowest BCUT2D eigenvalue weighted by Crippen LogP contribution is -2.45. The number of amides is 1. The van der Waals surface area contributed by atoms with Gasteiger partial charge < -0.3 is 15.5 Å². The first-order chi connectivity index (χ1) is 28.7. The van der Waals surface area contributed by atoms with Gasteiger partial charge >= 0.3 is 0 Å². The molecule has 0 saturated heterocycles. The summed E-state index contributed by atoms with van der Waals surface area (Å²) >= 11 is 0. The summed E-state index contributed by atoms with van der Waals surface area (Å²) in [4.78, 5) is 12.4. The number of allylic oxidation sites excluding steroid dienone is 17. The second kappa shape index (κ2) is 48.4. The molecule has 0 aromatic carbocycles. The molecule has 0 rings (SSSR count). The number of hydrogen-bond donors (Lipinski definition) is 3. The van der Waals surface area contributed by atoms with E-state index in [0.29, 0.717) is 6.42 Å². The Labute approximate surface area is 359 Å². The lowest BCUT2D eigenvalue weighted by atomic mass is 10.1. The Bertz CT molecular complexity index is 1140. The Morgan fingerprint density at radius 1 is 0.431 bits per heavy atom. The monoisotopic (exact) mass is 802 g/mol. The number of hydrogen-bond acceptors (Lipinski definition) is 3. The minimum absolute atomic E-state index is 0.0916. The maximum Gasteiger partial charge on any atom is 0.220 e. The maximum absolute atomic E-state index is 12.4. The van der Waals surface area contributed by atoms with Gasteiger partial charge in [0.15, 0.2) is 0 Å². The highest BCUT2D eigenvalue weighted by atomic mass is 16.3. The Morgan fingerprint density at radius 3 is 1.21 bits per heavy atom. The Balaban J connectivity index is 3.69. The standard InChI is InChI=1S/C54H91NO3/c1-3-5-7-9-11-13-15-17-19-21-23-24-25-26-27-28-29-30-32-34-36-38-40-42-44-46-48-50-54(58)55-52(51-56)53(57)49-47-45-43-41-39-37-35-33-31-22-20-18-16-14-12-10-8-6-4-2/h5,7,11,13,17,19,23-24,26-27,29-31,33,39,41,47,49,52-53,56-57H,3-4,6,8-10,12,14-16,18,20-22,25,28,32,34-38,40,42-46,48,50-51H2,1-2H3,(H,55,58)/b7-5-,13-11-,19-17-,24-23-,27-26-,30-29-,33-31+,41-39+,49-47+. The molecule has 0 spiro atoms. The van der Waals surface area contributed by atoms with Gasteiger partial charge in [0.05, 0.1) is 18.8 Å². The number of nitrogens with one attached hydrogen (secondary N) is 1. The molecule has 2 unspecified atom stereocenters. The number of aliphatic hydroxyl groups is 2.